The highest BCUT2D eigenvalue weighted by atomic mass is 16.4. The molecule has 2 unspecified atom stereocenters. The number of allylic oxidation sites excluding steroid dienone is 8. The molecule has 0 saturated carbocycles. The molecule has 0 aromatic carbocycles. The average molecular weight is 256 g/mol. The molecule has 2 nitrogen and oxygen atoms in total. The summed E-state index contributed by atoms with van der Waals surface area (Å²) < 4.78 is 0. The van der Waals surface area contributed by atoms with Crippen molar-refractivity contribution in [3.05, 3.63) is 47.1 Å². The maximum absolute atomic E-state index is 9.41. The van der Waals surface area contributed by atoms with Crippen LogP contribution in [0, 0.1) is 5.92 Å². The molecule has 0 aromatic rings. The number of fused-ring (bicyclic) bond motifs is 1. The van der Waals surface area contributed by atoms with Crippen LogP contribution in [0.3, 0.4) is 0 Å². The van der Waals surface area contributed by atoms with Gasteiger partial charge in [0.05, 0.1) is 0 Å². The number of hydrogen-bond acceptors (Lipinski definition) is 2. The van der Waals surface area contributed by atoms with Gasteiger partial charge < -0.3 is 10.0 Å². The van der Waals surface area contributed by atoms with Crippen molar-refractivity contribution in [1.29, 1.82) is 0 Å². The second-order valence-electron chi connectivity index (χ2n) is 5.87. The summed E-state index contributed by atoms with van der Waals surface area (Å²) in [5, 5.41) is 18.8. The van der Waals surface area contributed by atoms with Crippen molar-refractivity contribution in [2.45, 2.75) is 44.3 Å². The Morgan fingerprint density at radius 1 is 1.05 bits per heavy atom. The molecule has 0 fully saturated rings. The third-order valence-electron chi connectivity index (χ3n) is 4.61. The van der Waals surface area contributed by atoms with E-state index in [4.69, 9.17) is 0 Å². The second kappa shape index (κ2) is 5.52. The Morgan fingerprint density at radius 3 is 2.79 bits per heavy atom. The summed E-state index contributed by atoms with van der Waals surface area (Å²) in [4.78, 5) is 0. The zero-order valence-electron chi connectivity index (χ0n) is 11.3. The van der Waals surface area contributed by atoms with E-state index < -0.39 is 7.12 Å². The van der Waals surface area contributed by atoms with Crippen molar-refractivity contribution < 1.29 is 10.0 Å². The molecule has 0 saturated heterocycles. The first-order valence-corrected chi connectivity index (χ1v) is 7.38. The third kappa shape index (κ3) is 2.63. The molecule has 0 spiro atoms. The highest BCUT2D eigenvalue weighted by Gasteiger charge is 2.29. The van der Waals surface area contributed by atoms with Crippen LogP contribution in [0.25, 0.3) is 0 Å². The first-order valence-electron chi connectivity index (χ1n) is 7.38. The molecule has 3 aliphatic carbocycles. The fourth-order valence-electron chi connectivity index (χ4n) is 3.51. The lowest BCUT2D eigenvalue weighted by Gasteiger charge is -2.30. The first kappa shape index (κ1) is 13.0. The molecule has 0 aliphatic heterocycles. The van der Waals surface area contributed by atoms with Crippen molar-refractivity contribution in [3.63, 3.8) is 0 Å². The molecule has 0 heterocycles. The van der Waals surface area contributed by atoms with Gasteiger partial charge in [-0.1, -0.05) is 30.4 Å². The van der Waals surface area contributed by atoms with Crippen LogP contribution in [0.5, 0.6) is 0 Å². The maximum atomic E-state index is 9.41. The van der Waals surface area contributed by atoms with Gasteiger partial charge in [-0.15, -0.1) is 0 Å². The first-order chi connectivity index (χ1) is 9.25. The molecule has 3 heteroatoms. The topological polar surface area (TPSA) is 40.5 Å². The average Bonchev–Trinajstić information content (AvgIpc) is 2.47. The van der Waals surface area contributed by atoms with E-state index in [2.05, 4.69) is 30.4 Å². The largest absolute Gasteiger partial charge is 0.455 e. The fourth-order valence-corrected chi connectivity index (χ4v) is 3.51. The van der Waals surface area contributed by atoms with Gasteiger partial charge in [-0.25, -0.2) is 0 Å². The fraction of sp³-hybridized carbons (Fsp3) is 0.500. The highest BCUT2D eigenvalue weighted by molar-refractivity contribution is 6.43. The molecule has 0 radical (unpaired) electrons. The summed E-state index contributed by atoms with van der Waals surface area (Å²) in [5.74, 6) is 0.666. The van der Waals surface area contributed by atoms with E-state index in [9.17, 15) is 10.0 Å². The monoisotopic (exact) mass is 256 g/mol. The third-order valence-corrected chi connectivity index (χ3v) is 4.61. The van der Waals surface area contributed by atoms with Crippen molar-refractivity contribution in [2.24, 2.45) is 5.92 Å². The second-order valence-corrected chi connectivity index (χ2v) is 5.87. The van der Waals surface area contributed by atoms with Gasteiger partial charge in [-0.2, -0.15) is 0 Å². The Balaban J connectivity index is 1.90. The van der Waals surface area contributed by atoms with Crippen LogP contribution in [0.1, 0.15) is 38.5 Å². The van der Waals surface area contributed by atoms with Gasteiger partial charge in [0.1, 0.15) is 0 Å². The predicted molar refractivity (Wildman–Crippen MR) is 78.5 cm³/mol. The minimum Gasteiger partial charge on any atom is -0.427 e. The van der Waals surface area contributed by atoms with Crippen LogP contribution < -0.4 is 0 Å². The molecular formula is C16H21BO2. The SMILES string of the molecule is OB(O)C1CCC=C(C2=C3C=CCCC3CC=C2)C1. The van der Waals surface area contributed by atoms with Crippen molar-refractivity contribution in [1.82, 2.24) is 0 Å². The van der Waals surface area contributed by atoms with E-state index in [1.165, 1.54) is 29.6 Å². The van der Waals surface area contributed by atoms with Gasteiger partial charge in [-0.05, 0) is 67.0 Å². The minimum atomic E-state index is -1.18. The summed E-state index contributed by atoms with van der Waals surface area (Å²) in [6, 6.07) is 0. The Kier molecular flexibility index (Phi) is 3.76. The van der Waals surface area contributed by atoms with E-state index in [1.54, 1.807) is 0 Å². The summed E-state index contributed by atoms with van der Waals surface area (Å²) >= 11 is 0. The zero-order chi connectivity index (χ0) is 13.2. The zero-order valence-corrected chi connectivity index (χ0v) is 11.3. The lowest BCUT2D eigenvalue weighted by molar-refractivity contribution is 0.375. The predicted octanol–water partition coefficient (Wildman–Crippen LogP) is 3.16. The normalized spacial score (nSPS) is 30.1. The molecule has 3 aliphatic rings. The lowest BCUT2D eigenvalue weighted by atomic mass is 9.63. The minimum absolute atomic E-state index is 0.00514. The van der Waals surface area contributed by atoms with Crippen molar-refractivity contribution >= 4 is 7.12 Å². The lowest BCUT2D eigenvalue weighted by Crippen LogP contribution is -2.23. The Bertz CT molecular complexity index is 471. The van der Waals surface area contributed by atoms with E-state index in [0.717, 1.165) is 25.7 Å². The van der Waals surface area contributed by atoms with E-state index >= 15 is 0 Å². The molecule has 0 aromatic heterocycles. The Labute approximate surface area is 115 Å². The summed E-state index contributed by atoms with van der Waals surface area (Å²) in [5.41, 5.74) is 4.12. The van der Waals surface area contributed by atoms with Crippen LogP contribution in [-0.4, -0.2) is 17.2 Å². The van der Waals surface area contributed by atoms with Gasteiger partial charge >= 0.3 is 7.12 Å². The molecule has 2 atom stereocenters. The molecule has 0 bridgehead atoms. The van der Waals surface area contributed by atoms with Crippen molar-refractivity contribution in [3.8, 4) is 0 Å². The maximum Gasteiger partial charge on any atom is 0.455 e. The standard InChI is InChI=1S/C16H21BO2/c18-17(19)14-8-3-7-13(11-14)16-10-4-6-12-5-1-2-9-15(12)16/h2,4,7,9-10,12,14,18-19H,1,3,5-6,8,11H2. The van der Waals surface area contributed by atoms with Gasteiger partial charge in [-0.3, -0.25) is 0 Å². The van der Waals surface area contributed by atoms with Crippen LogP contribution in [0.15, 0.2) is 47.1 Å². The van der Waals surface area contributed by atoms with E-state index in [0.29, 0.717) is 5.92 Å². The van der Waals surface area contributed by atoms with Gasteiger partial charge in [0.15, 0.2) is 0 Å². The molecule has 2 N–H and O–H groups in total. The van der Waals surface area contributed by atoms with Crippen LogP contribution >= 0.6 is 0 Å². The molecule has 3 rings (SSSR count). The van der Waals surface area contributed by atoms with Gasteiger partial charge in [0.25, 0.3) is 0 Å². The van der Waals surface area contributed by atoms with E-state index in [-0.39, 0.29) is 5.82 Å². The van der Waals surface area contributed by atoms with Gasteiger partial charge in [0.2, 0.25) is 0 Å². The van der Waals surface area contributed by atoms with Crippen LogP contribution in [0.2, 0.25) is 5.82 Å². The number of rotatable bonds is 2. The molecule has 100 valence electrons. The smallest absolute Gasteiger partial charge is 0.427 e. The van der Waals surface area contributed by atoms with Gasteiger partial charge in [0, 0.05) is 0 Å². The Morgan fingerprint density at radius 2 is 1.95 bits per heavy atom. The van der Waals surface area contributed by atoms with Crippen LogP contribution in [0.4, 0.5) is 0 Å². The number of hydrogen-bond donors (Lipinski definition) is 2. The molecule has 19 heavy (non-hydrogen) atoms. The quantitative estimate of drug-likeness (QED) is 0.745. The summed E-state index contributed by atoms with van der Waals surface area (Å²) in [6.07, 6.45) is 17.6. The highest BCUT2D eigenvalue weighted by Crippen LogP contribution is 2.41. The molecular weight excluding hydrogens is 235 g/mol. The summed E-state index contributed by atoms with van der Waals surface area (Å²) in [6.45, 7) is 0. The molecule has 0 amide bonds. The van der Waals surface area contributed by atoms with Crippen molar-refractivity contribution in [2.75, 3.05) is 0 Å². The van der Waals surface area contributed by atoms with E-state index in [1.807, 2.05) is 0 Å². The summed E-state index contributed by atoms with van der Waals surface area (Å²) in [7, 11) is -1.18. The Hall–Kier alpha value is -1.06. The van der Waals surface area contributed by atoms with Crippen LogP contribution in [-0.2, 0) is 0 Å².